The zero-order valence-corrected chi connectivity index (χ0v) is 14.0. The lowest BCUT2D eigenvalue weighted by atomic mass is 9.93. The summed E-state index contributed by atoms with van der Waals surface area (Å²) in [5.41, 5.74) is -1.28. The molecular weight excluding hydrogens is 302 g/mol. The average molecular weight is 323 g/mol. The standard InChI is InChI=1S/C15H21N3O3S/c1-14(2,3)10-8-12(18-21-10)17-13(19)16-9-15(4,20)11-6-5-7-22-11/h5-8,20H,9H2,1-4H3,(H2,16,17,18,19). The van der Waals surface area contributed by atoms with Crippen molar-refractivity contribution in [1.82, 2.24) is 10.5 Å². The number of carbonyl (C=O) groups excluding carboxylic acids is 1. The lowest BCUT2D eigenvalue weighted by Crippen LogP contribution is -2.40. The fourth-order valence-electron chi connectivity index (χ4n) is 1.77. The monoisotopic (exact) mass is 323 g/mol. The summed E-state index contributed by atoms with van der Waals surface area (Å²) in [6.07, 6.45) is 0. The van der Waals surface area contributed by atoms with Crippen LogP contribution in [-0.2, 0) is 11.0 Å². The zero-order chi connectivity index (χ0) is 16.4. The molecule has 0 saturated heterocycles. The van der Waals surface area contributed by atoms with Crippen LogP contribution in [0.3, 0.4) is 0 Å². The van der Waals surface area contributed by atoms with Crippen molar-refractivity contribution < 1.29 is 14.4 Å². The number of carbonyl (C=O) groups is 1. The minimum Gasteiger partial charge on any atom is -0.383 e. The van der Waals surface area contributed by atoms with E-state index < -0.39 is 11.6 Å². The van der Waals surface area contributed by atoms with Crippen LogP contribution in [0.15, 0.2) is 28.1 Å². The SMILES string of the molecule is CC(C)(C)c1cc(NC(=O)NCC(C)(O)c2cccs2)no1. The molecule has 0 bridgehead atoms. The highest BCUT2D eigenvalue weighted by atomic mass is 32.1. The van der Waals surface area contributed by atoms with Crippen LogP contribution in [0.5, 0.6) is 0 Å². The fraction of sp³-hybridized carbons (Fsp3) is 0.467. The molecule has 2 heterocycles. The van der Waals surface area contributed by atoms with E-state index >= 15 is 0 Å². The number of rotatable bonds is 4. The fourth-order valence-corrected chi connectivity index (χ4v) is 2.56. The van der Waals surface area contributed by atoms with Crippen molar-refractivity contribution in [2.45, 2.75) is 38.7 Å². The van der Waals surface area contributed by atoms with E-state index in [1.54, 1.807) is 13.0 Å². The van der Waals surface area contributed by atoms with Crippen molar-refractivity contribution in [1.29, 1.82) is 0 Å². The lowest BCUT2D eigenvalue weighted by molar-refractivity contribution is 0.0637. The third-order valence-electron chi connectivity index (χ3n) is 3.14. The summed E-state index contributed by atoms with van der Waals surface area (Å²) in [4.78, 5) is 12.7. The molecule has 0 aliphatic carbocycles. The first kappa shape index (κ1) is 16.5. The number of aliphatic hydroxyl groups is 1. The quantitative estimate of drug-likeness (QED) is 0.807. The Hall–Kier alpha value is -1.86. The number of hydrogen-bond donors (Lipinski definition) is 3. The average Bonchev–Trinajstić information content (AvgIpc) is 3.06. The maximum absolute atomic E-state index is 11.9. The number of aromatic nitrogens is 1. The Balaban J connectivity index is 1.90. The van der Waals surface area contributed by atoms with Gasteiger partial charge in [-0.3, -0.25) is 5.32 Å². The molecule has 1 unspecified atom stereocenters. The number of anilines is 1. The normalized spacial score (nSPS) is 14.4. The van der Waals surface area contributed by atoms with Crippen molar-refractivity contribution in [3.8, 4) is 0 Å². The maximum Gasteiger partial charge on any atom is 0.320 e. The van der Waals surface area contributed by atoms with Crippen LogP contribution < -0.4 is 10.6 Å². The van der Waals surface area contributed by atoms with Crippen LogP contribution >= 0.6 is 11.3 Å². The number of urea groups is 1. The van der Waals surface area contributed by atoms with Crippen molar-refractivity contribution >= 4 is 23.2 Å². The van der Waals surface area contributed by atoms with Gasteiger partial charge in [0, 0.05) is 16.4 Å². The van der Waals surface area contributed by atoms with E-state index in [2.05, 4.69) is 15.8 Å². The van der Waals surface area contributed by atoms with E-state index in [9.17, 15) is 9.90 Å². The topological polar surface area (TPSA) is 87.4 Å². The predicted molar refractivity (Wildman–Crippen MR) is 86.1 cm³/mol. The third-order valence-corrected chi connectivity index (χ3v) is 4.26. The zero-order valence-electron chi connectivity index (χ0n) is 13.1. The van der Waals surface area contributed by atoms with E-state index in [0.717, 1.165) is 4.88 Å². The molecule has 0 aliphatic heterocycles. The van der Waals surface area contributed by atoms with Gasteiger partial charge < -0.3 is 14.9 Å². The summed E-state index contributed by atoms with van der Waals surface area (Å²) in [5.74, 6) is 1.03. The van der Waals surface area contributed by atoms with Crippen LogP contribution in [0, 0.1) is 0 Å². The molecule has 0 aromatic carbocycles. The molecule has 3 N–H and O–H groups in total. The Morgan fingerprint density at radius 2 is 2.14 bits per heavy atom. The van der Waals surface area contributed by atoms with Crippen molar-refractivity contribution in [2.75, 3.05) is 11.9 Å². The van der Waals surface area contributed by atoms with E-state index in [1.807, 2.05) is 38.3 Å². The minimum atomic E-state index is -1.11. The molecule has 7 heteroatoms. The summed E-state index contributed by atoms with van der Waals surface area (Å²) < 4.78 is 5.19. The number of amides is 2. The number of nitrogens with zero attached hydrogens (tertiary/aromatic N) is 1. The Labute approximate surface area is 133 Å². The first-order chi connectivity index (χ1) is 10.2. The highest BCUT2D eigenvalue weighted by Crippen LogP contribution is 2.25. The molecular formula is C15H21N3O3S. The van der Waals surface area contributed by atoms with Crippen molar-refractivity contribution in [2.24, 2.45) is 0 Å². The largest absolute Gasteiger partial charge is 0.383 e. The highest BCUT2D eigenvalue weighted by Gasteiger charge is 2.25. The second kappa shape index (κ2) is 6.10. The smallest absolute Gasteiger partial charge is 0.320 e. The molecule has 22 heavy (non-hydrogen) atoms. The van der Waals surface area contributed by atoms with Crippen LogP contribution in [0.2, 0.25) is 0 Å². The van der Waals surface area contributed by atoms with Crippen LogP contribution in [0.4, 0.5) is 10.6 Å². The van der Waals surface area contributed by atoms with Crippen LogP contribution in [0.25, 0.3) is 0 Å². The Morgan fingerprint density at radius 3 is 2.68 bits per heavy atom. The molecule has 1 atom stereocenters. The van der Waals surface area contributed by atoms with Gasteiger partial charge in [0.1, 0.15) is 11.4 Å². The summed E-state index contributed by atoms with van der Waals surface area (Å²) >= 11 is 1.44. The summed E-state index contributed by atoms with van der Waals surface area (Å²) in [5, 5.41) is 21.2. The van der Waals surface area contributed by atoms with Crippen molar-refractivity contribution in [3.63, 3.8) is 0 Å². The lowest BCUT2D eigenvalue weighted by Gasteiger charge is -2.22. The molecule has 6 nitrogen and oxygen atoms in total. The molecule has 2 amide bonds. The van der Waals surface area contributed by atoms with E-state index in [0.29, 0.717) is 11.6 Å². The van der Waals surface area contributed by atoms with Gasteiger partial charge in [0.15, 0.2) is 5.82 Å². The Kier molecular flexibility index (Phi) is 4.58. The predicted octanol–water partition coefficient (Wildman–Crippen LogP) is 3.06. The van der Waals surface area contributed by atoms with Gasteiger partial charge >= 0.3 is 6.03 Å². The van der Waals surface area contributed by atoms with E-state index in [1.165, 1.54) is 11.3 Å². The van der Waals surface area contributed by atoms with Crippen molar-refractivity contribution in [3.05, 3.63) is 34.2 Å². The number of thiophene rings is 1. The summed E-state index contributed by atoms with van der Waals surface area (Å²) in [7, 11) is 0. The van der Waals surface area contributed by atoms with Crippen LogP contribution in [0.1, 0.15) is 38.3 Å². The van der Waals surface area contributed by atoms with Gasteiger partial charge in [0.25, 0.3) is 0 Å². The highest BCUT2D eigenvalue weighted by molar-refractivity contribution is 7.10. The number of nitrogens with one attached hydrogen (secondary N) is 2. The Bertz CT molecular complexity index is 627. The van der Waals surface area contributed by atoms with Gasteiger partial charge in [0.05, 0.1) is 6.54 Å². The second-order valence-corrected chi connectivity index (χ2v) is 7.33. The van der Waals surface area contributed by atoms with Gasteiger partial charge in [-0.05, 0) is 18.4 Å². The molecule has 2 aromatic rings. The summed E-state index contributed by atoms with van der Waals surface area (Å²) in [6.45, 7) is 7.75. The van der Waals surface area contributed by atoms with Gasteiger partial charge in [-0.15, -0.1) is 11.3 Å². The molecule has 2 aromatic heterocycles. The van der Waals surface area contributed by atoms with Gasteiger partial charge in [0.2, 0.25) is 0 Å². The third kappa shape index (κ3) is 4.08. The first-order valence-electron chi connectivity index (χ1n) is 6.97. The molecule has 2 rings (SSSR count). The number of hydrogen-bond acceptors (Lipinski definition) is 5. The molecule has 0 fully saturated rings. The maximum atomic E-state index is 11.9. The molecule has 120 valence electrons. The van der Waals surface area contributed by atoms with E-state index in [4.69, 9.17) is 4.52 Å². The van der Waals surface area contributed by atoms with Gasteiger partial charge in [-0.25, -0.2) is 4.79 Å². The molecule has 0 saturated carbocycles. The molecule has 0 spiro atoms. The summed E-state index contributed by atoms with van der Waals surface area (Å²) in [6, 6.07) is 4.94. The Morgan fingerprint density at radius 1 is 1.41 bits per heavy atom. The minimum absolute atomic E-state index is 0.101. The van der Waals surface area contributed by atoms with Gasteiger partial charge in [-0.1, -0.05) is 32.0 Å². The van der Waals surface area contributed by atoms with E-state index in [-0.39, 0.29) is 12.0 Å². The van der Waals surface area contributed by atoms with Gasteiger partial charge in [-0.2, -0.15) is 0 Å². The first-order valence-corrected chi connectivity index (χ1v) is 7.85. The molecule has 0 aliphatic rings. The van der Waals surface area contributed by atoms with Crippen LogP contribution in [-0.4, -0.2) is 22.8 Å². The second-order valence-electron chi connectivity index (χ2n) is 6.39. The molecule has 0 radical (unpaired) electrons.